The molecule has 1 aliphatic rings. The van der Waals surface area contributed by atoms with Crippen LogP contribution in [-0.4, -0.2) is 57.0 Å². The van der Waals surface area contributed by atoms with Gasteiger partial charge in [0.15, 0.2) is 6.10 Å². The molecule has 0 radical (unpaired) electrons. The van der Waals surface area contributed by atoms with Crippen LogP contribution in [-0.2, 0) is 9.53 Å². The highest BCUT2D eigenvalue weighted by molar-refractivity contribution is 5.91. The summed E-state index contributed by atoms with van der Waals surface area (Å²) in [6, 6.07) is 1.10. The summed E-state index contributed by atoms with van der Waals surface area (Å²) in [5.41, 5.74) is 3.95. The van der Waals surface area contributed by atoms with Crippen molar-refractivity contribution in [2.75, 3.05) is 18.5 Å². The van der Waals surface area contributed by atoms with E-state index in [9.17, 15) is 23.5 Å². The maximum Gasteiger partial charge on any atom is 0.351 e. The molecule has 1 amide bonds. The first kappa shape index (κ1) is 16.4. The third-order valence-corrected chi connectivity index (χ3v) is 3.09. The Morgan fingerprint density at radius 3 is 2.77 bits per heavy atom. The molecule has 1 aromatic rings. The number of halogens is 2. The molecule has 0 unspecified atom stereocenters. The van der Waals surface area contributed by atoms with E-state index in [2.05, 4.69) is 10.3 Å². The molecule has 2 rings (SSSR count). The van der Waals surface area contributed by atoms with Gasteiger partial charge in [-0.3, -0.25) is 9.36 Å². The first-order valence-corrected chi connectivity index (χ1v) is 6.22. The monoisotopic (exact) mass is 320 g/mol. The average Bonchev–Trinajstić information content (AvgIpc) is 2.70. The first-order chi connectivity index (χ1) is 10.3. The van der Waals surface area contributed by atoms with Crippen LogP contribution in [0.25, 0.3) is 0 Å². The number of rotatable bonds is 4. The van der Waals surface area contributed by atoms with Gasteiger partial charge in [0.1, 0.15) is 11.9 Å². The van der Waals surface area contributed by atoms with E-state index in [1.807, 2.05) is 0 Å². The van der Waals surface area contributed by atoms with Crippen LogP contribution >= 0.6 is 0 Å². The van der Waals surface area contributed by atoms with Crippen molar-refractivity contribution in [1.29, 1.82) is 0 Å². The molecule has 22 heavy (non-hydrogen) atoms. The SMILES string of the molecule is NCC(=O)Nc1ccn([C@@H]2O[C@H](CO)[C@@H](O)C2(F)F)c(=O)n1. The third kappa shape index (κ3) is 2.83. The molecule has 0 spiro atoms. The van der Waals surface area contributed by atoms with Crippen molar-refractivity contribution in [3.63, 3.8) is 0 Å². The number of anilines is 1. The second kappa shape index (κ2) is 6.04. The number of carbonyl (C=O) groups excluding carboxylic acids is 1. The lowest BCUT2D eigenvalue weighted by Crippen LogP contribution is -2.41. The molecule has 0 bridgehead atoms. The fourth-order valence-corrected chi connectivity index (χ4v) is 1.97. The number of ether oxygens (including phenoxy) is 1. The fraction of sp³-hybridized carbons (Fsp3) is 0.545. The van der Waals surface area contributed by atoms with E-state index in [1.54, 1.807) is 0 Å². The molecule has 11 heteroatoms. The zero-order valence-corrected chi connectivity index (χ0v) is 11.1. The number of hydrogen-bond donors (Lipinski definition) is 4. The summed E-state index contributed by atoms with van der Waals surface area (Å²) in [5, 5.41) is 20.5. The zero-order chi connectivity index (χ0) is 16.5. The van der Waals surface area contributed by atoms with Gasteiger partial charge in [-0.15, -0.1) is 0 Å². The van der Waals surface area contributed by atoms with Gasteiger partial charge in [0.25, 0.3) is 0 Å². The fourth-order valence-electron chi connectivity index (χ4n) is 1.97. The summed E-state index contributed by atoms with van der Waals surface area (Å²) in [6.45, 7) is -1.17. The van der Waals surface area contributed by atoms with Gasteiger partial charge in [-0.25, -0.2) is 4.79 Å². The van der Waals surface area contributed by atoms with Crippen molar-refractivity contribution in [2.24, 2.45) is 5.73 Å². The van der Waals surface area contributed by atoms with Gasteiger partial charge < -0.3 is 26.0 Å². The Morgan fingerprint density at radius 2 is 2.27 bits per heavy atom. The van der Waals surface area contributed by atoms with E-state index >= 15 is 0 Å². The predicted octanol–water partition coefficient (Wildman–Crippen LogP) is -1.97. The van der Waals surface area contributed by atoms with Crippen molar-refractivity contribution in [3.05, 3.63) is 22.7 Å². The van der Waals surface area contributed by atoms with E-state index < -0.39 is 42.6 Å². The Morgan fingerprint density at radius 1 is 1.59 bits per heavy atom. The Labute approximate surface area is 122 Å². The van der Waals surface area contributed by atoms with Crippen LogP contribution in [0.5, 0.6) is 0 Å². The van der Waals surface area contributed by atoms with Crippen molar-refractivity contribution in [3.8, 4) is 0 Å². The molecule has 1 saturated heterocycles. The highest BCUT2D eigenvalue weighted by Gasteiger charge is 2.59. The lowest BCUT2D eigenvalue weighted by Gasteiger charge is -2.21. The van der Waals surface area contributed by atoms with Gasteiger partial charge in [0.2, 0.25) is 12.1 Å². The molecule has 0 aliphatic carbocycles. The van der Waals surface area contributed by atoms with Gasteiger partial charge in [0.05, 0.1) is 13.2 Å². The molecule has 2 heterocycles. The van der Waals surface area contributed by atoms with E-state index in [1.165, 1.54) is 0 Å². The Bertz CT molecular complexity index is 623. The molecule has 1 fully saturated rings. The lowest BCUT2D eigenvalue weighted by atomic mass is 10.1. The van der Waals surface area contributed by atoms with E-state index in [4.69, 9.17) is 15.6 Å². The van der Waals surface area contributed by atoms with Crippen molar-refractivity contribution in [1.82, 2.24) is 9.55 Å². The smallest absolute Gasteiger partial charge is 0.351 e. The van der Waals surface area contributed by atoms with Gasteiger partial charge in [0, 0.05) is 6.20 Å². The molecule has 0 saturated carbocycles. The number of amides is 1. The molecular formula is C11H14F2N4O5. The molecule has 5 N–H and O–H groups in total. The standard InChI is InChI=1S/C11H14F2N4O5/c12-11(13)8(20)5(4-18)22-9(11)17-2-1-6(16-10(17)21)15-7(19)3-14/h1-2,5,8-9,18,20H,3-4,14H2,(H,15,16,19,21)/t5-,8-,9-/m1/s1. The maximum atomic E-state index is 13.9. The van der Waals surface area contributed by atoms with Crippen molar-refractivity contribution in [2.45, 2.75) is 24.4 Å². The summed E-state index contributed by atoms with van der Waals surface area (Å²) in [7, 11) is 0. The molecule has 1 aromatic heterocycles. The Balaban J connectivity index is 2.30. The summed E-state index contributed by atoms with van der Waals surface area (Å²) in [4.78, 5) is 26.3. The number of nitrogens with two attached hydrogens (primary N) is 1. The average molecular weight is 320 g/mol. The third-order valence-electron chi connectivity index (χ3n) is 3.09. The summed E-state index contributed by atoms with van der Waals surface area (Å²) in [5.74, 6) is -4.55. The molecular weight excluding hydrogens is 306 g/mol. The number of carbonyl (C=O) groups is 1. The topological polar surface area (TPSA) is 140 Å². The van der Waals surface area contributed by atoms with Gasteiger partial charge >= 0.3 is 11.6 Å². The highest BCUT2D eigenvalue weighted by Crippen LogP contribution is 2.41. The van der Waals surface area contributed by atoms with Crippen LogP contribution in [0, 0.1) is 0 Å². The van der Waals surface area contributed by atoms with Crippen LogP contribution in [0.1, 0.15) is 6.23 Å². The highest BCUT2D eigenvalue weighted by atomic mass is 19.3. The molecule has 3 atom stereocenters. The second-order valence-electron chi connectivity index (χ2n) is 4.58. The first-order valence-electron chi connectivity index (χ1n) is 6.22. The van der Waals surface area contributed by atoms with Crippen LogP contribution in [0.15, 0.2) is 17.1 Å². The lowest BCUT2D eigenvalue weighted by molar-refractivity contribution is -0.141. The van der Waals surface area contributed by atoms with Gasteiger partial charge in [-0.1, -0.05) is 0 Å². The molecule has 0 aromatic carbocycles. The van der Waals surface area contributed by atoms with Crippen LogP contribution in [0.2, 0.25) is 0 Å². The normalized spacial score (nSPS) is 26.9. The number of hydrogen-bond acceptors (Lipinski definition) is 7. The number of nitrogens with one attached hydrogen (secondary N) is 1. The predicted molar refractivity (Wildman–Crippen MR) is 68.1 cm³/mol. The van der Waals surface area contributed by atoms with E-state index in [0.29, 0.717) is 4.57 Å². The maximum absolute atomic E-state index is 13.9. The van der Waals surface area contributed by atoms with Crippen LogP contribution < -0.4 is 16.7 Å². The number of aliphatic hydroxyl groups excluding tert-OH is 2. The molecule has 122 valence electrons. The van der Waals surface area contributed by atoms with E-state index in [0.717, 1.165) is 12.3 Å². The van der Waals surface area contributed by atoms with Crippen LogP contribution in [0.4, 0.5) is 14.6 Å². The minimum atomic E-state index is -3.79. The summed E-state index contributed by atoms with van der Waals surface area (Å²) < 4.78 is 33.1. The summed E-state index contributed by atoms with van der Waals surface area (Å²) >= 11 is 0. The van der Waals surface area contributed by atoms with Crippen molar-refractivity contribution < 1.29 is 28.5 Å². The van der Waals surface area contributed by atoms with Gasteiger partial charge in [-0.2, -0.15) is 13.8 Å². The minimum absolute atomic E-state index is 0.155. The molecule has 1 aliphatic heterocycles. The van der Waals surface area contributed by atoms with E-state index in [-0.39, 0.29) is 12.4 Å². The number of aliphatic hydroxyl groups is 2. The zero-order valence-electron chi connectivity index (χ0n) is 11.1. The Kier molecular flexibility index (Phi) is 4.51. The number of alkyl halides is 2. The second-order valence-corrected chi connectivity index (χ2v) is 4.58. The molecule has 9 nitrogen and oxygen atoms in total. The van der Waals surface area contributed by atoms with Gasteiger partial charge in [-0.05, 0) is 6.07 Å². The largest absolute Gasteiger partial charge is 0.394 e. The minimum Gasteiger partial charge on any atom is -0.394 e. The summed E-state index contributed by atoms with van der Waals surface area (Å²) in [6.07, 6.45) is -4.96. The quantitative estimate of drug-likeness (QED) is 0.504. The van der Waals surface area contributed by atoms with Crippen molar-refractivity contribution >= 4 is 11.7 Å². The number of nitrogens with zero attached hydrogens (tertiary/aromatic N) is 2. The number of aromatic nitrogens is 2. The Hall–Kier alpha value is -1.95. The van der Waals surface area contributed by atoms with Crippen LogP contribution in [0.3, 0.4) is 0 Å².